The summed E-state index contributed by atoms with van der Waals surface area (Å²) in [6.07, 6.45) is 3.84. The number of methoxy groups -OCH3 is 2. The van der Waals surface area contributed by atoms with E-state index in [0.29, 0.717) is 17.9 Å². The van der Waals surface area contributed by atoms with Gasteiger partial charge in [0.15, 0.2) is 23.0 Å². The summed E-state index contributed by atoms with van der Waals surface area (Å²) in [5.74, 6) is 3.15. The molecule has 2 aliphatic rings. The van der Waals surface area contributed by atoms with Crippen LogP contribution < -0.4 is 18.9 Å². The molecule has 154 valence electrons. The zero-order chi connectivity index (χ0) is 20.2. The summed E-state index contributed by atoms with van der Waals surface area (Å²) in [6.45, 7) is 0.280. The first-order valence-electron chi connectivity index (χ1n) is 9.95. The molecule has 0 amide bonds. The third-order valence-corrected chi connectivity index (χ3v) is 5.64. The van der Waals surface area contributed by atoms with Crippen molar-refractivity contribution in [2.24, 2.45) is 5.92 Å². The second-order valence-corrected chi connectivity index (χ2v) is 7.45. The maximum Gasteiger partial charge on any atom is 0.306 e. The van der Waals surface area contributed by atoms with E-state index in [-0.39, 0.29) is 24.8 Å². The number of carbonyl (C=O) groups is 1. The first-order valence-corrected chi connectivity index (χ1v) is 9.95. The molecular weight excluding hydrogens is 372 g/mol. The maximum absolute atomic E-state index is 11.9. The number of carbonyl (C=O) groups excluding carboxylic acids is 1. The molecule has 1 saturated heterocycles. The molecule has 0 aromatic heterocycles. The highest BCUT2D eigenvalue weighted by molar-refractivity contribution is 5.72. The highest BCUT2D eigenvalue weighted by Gasteiger charge is 2.34. The Hall–Kier alpha value is -2.89. The molecule has 0 aliphatic carbocycles. The standard InChI is InChI=1S/C23H26O6/c1-25-19-9-5-16(11-21(19)26-2)4-8-18-17(13-23(24)29-18)7-3-15-6-10-20-22(12-15)28-14-27-20/h5-6,9-12,17-18H,3-4,7-8,13-14H2,1-2H3/t17-,18-/m1/s1. The molecule has 0 saturated carbocycles. The van der Waals surface area contributed by atoms with E-state index in [9.17, 15) is 4.79 Å². The lowest BCUT2D eigenvalue weighted by Gasteiger charge is -2.18. The van der Waals surface area contributed by atoms with E-state index in [4.69, 9.17) is 23.7 Å². The van der Waals surface area contributed by atoms with Crippen molar-refractivity contribution in [1.29, 1.82) is 0 Å². The summed E-state index contributed by atoms with van der Waals surface area (Å²) in [6, 6.07) is 12.0. The largest absolute Gasteiger partial charge is 0.493 e. The van der Waals surface area contributed by atoms with Gasteiger partial charge in [-0.25, -0.2) is 0 Å². The number of cyclic esters (lactones) is 1. The van der Waals surface area contributed by atoms with Gasteiger partial charge in [0.2, 0.25) is 6.79 Å². The Morgan fingerprint density at radius 2 is 1.62 bits per heavy atom. The fourth-order valence-corrected chi connectivity index (χ4v) is 4.03. The minimum atomic E-state index is -0.0991. The van der Waals surface area contributed by atoms with E-state index in [1.54, 1.807) is 14.2 Å². The Morgan fingerprint density at radius 1 is 0.897 bits per heavy atom. The molecule has 6 heteroatoms. The fraction of sp³-hybridized carbons (Fsp3) is 0.435. The summed E-state index contributed by atoms with van der Waals surface area (Å²) in [4.78, 5) is 11.9. The van der Waals surface area contributed by atoms with Crippen molar-refractivity contribution in [2.45, 2.75) is 38.2 Å². The van der Waals surface area contributed by atoms with Crippen molar-refractivity contribution in [1.82, 2.24) is 0 Å². The van der Waals surface area contributed by atoms with Gasteiger partial charge in [-0.3, -0.25) is 4.79 Å². The van der Waals surface area contributed by atoms with Gasteiger partial charge >= 0.3 is 5.97 Å². The monoisotopic (exact) mass is 398 g/mol. The number of fused-ring (bicyclic) bond motifs is 1. The van der Waals surface area contributed by atoms with E-state index < -0.39 is 0 Å². The van der Waals surface area contributed by atoms with E-state index >= 15 is 0 Å². The maximum atomic E-state index is 11.9. The normalized spacial score (nSPS) is 19.9. The average molecular weight is 398 g/mol. The predicted octanol–water partition coefficient (Wildman–Crippen LogP) is 3.93. The van der Waals surface area contributed by atoms with Gasteiger partial charge in [-0.15, -0.1) is 0 Å². The molecule has 2 heterocycles. The van der Waals surface area contributed by atoms with Crippen LogP contribution in [0.15, 0.2) is 36.4 Å². The third-order valence-electron chi connectivity index (χ3n) is 5.64. The van der Waals surface area contributed by atoms with Crippen LogP contribution in [0.4, 0.5) is 0 Å². The van der Waals surface area contributed by atoms with Crippen LogP contribution in [0.3, 0.4) is 0 Å². The number of ether oxygens (including phenoxy) is 5. The Kier molecular flexibility index (Phi) is 5.79. The van der Waals surface area contributed by atoms with Gasteiger partial charge in [-0.2, -0.15) is 0 Å². The van der Waals surface area contributed by atoms with Gasteiger partial charge in [-0.05, 0) is 61.1 Å². The summed E-state index contributed by atoms with van der Waals surface area (Å²) < 4.78 is 27.1. The molecule has 2 aromatic carbocycles. The first kappa shape index (κ1) is 19.4. The number of rotatable bonds is 8. The van der Waals surface area contributed by atoms with Gasteiger partial charge in [-0.1, -0.05) is 12.1 Å². The second-order valence-electron chi connectivity index (χ2n) is 7.45. The summed E-state index contributed by atoms with van der Waals surface area (Å²) in [5, 5.41) is 0. The minimum Gasteiger partial charge on any atom is -0.493 e. The topological polar surface area (TPSA) is 63.2 Å². The zero-order valence-electron chi connectivity index (χ0n) is 16.8. The van der Waals surface area contributed by atoms with E-state index in [2.05, 4.69) is 6.07 Å². The van der Waals surface area contributed by atoms with Gasteiger partial charge < -0.3 is 23.7 Å². The highest BCUT2D eigenvalue weighted by Crippen LogP contribution is 2.35. The first-order chi connectivity index (χ1) is 14.2. The molecule has 2 aromatic rings. The van der Waals surface area contributed by atoms with Crippen LogP contribution >= 0.6 is 0 Å². The lowest BCUT2D eigenvalue weighted by Crippen LogP contribution is -2.18. The van der Waals surface area contributed by atoms with Crippen LogP contribution in [-0.2, 0) is 22.4 Å². The van der Waals surface area contributed by atoms with Crippen LogP contribution in [0.1, 0.15) is 30.4 Å². The molecule has 1 fully saturated rings. The number of benzene rings is 2. The van der Waals surface area contributed by atoms with Crippen LogP contribution in [0.25, 0.3) is 0 Å². The van der Waals surface area contributed by atoms with Crippen molar-refractivity contribution in [3.8, 4) is 23.0 Å². The Morgan fingerprint density at radius 3 is 2.45 bits per heavy atom. The fourth-order valence-electron chi connectivity index (χ4n) is 4.03. The lowest BCUT2D eigenvalue weighted by molar-refractivity contribution is -0.141. The van der Waals surface area contributed by atoms with Gasteiger partial charge in [0.05, 0.1) is 20.6 Å². The van der Waals surface area contributed by atoms with Gasteiger partial charge in [0.25, 0.3) is 0 Å². The number of hydrogen-bond acceptors (Lipinski definition) is 6. The van der Waals surface area contributed by atoms with Crippen LogP contribution in [-0.4, -0.2) is 33.1 Å². The Labute approximate surface area is 170 Å². The molecule has 0 radical (unpaired) electrons. The van der Waals surface area contributed by atoms with E-state index in [1.165, 1.54) is 5.56 Å². The quantitative estimate of drug-likeness (QED) is 0.628. The number of hydrogen-bond donors (Lipinski definition) is 0. The van der Waals surface area contributed by atoms with Crippen molar-refractivity contribution < 1.29 is 28.5 Å². The smallest absolute Gasteiger partial charge is 0.306 e. The molecular formula is C23H26O6. The van der Waals surface area contributed by atoms with Crippen molar-refractivity contribution in [3.63, 3.8) is 0 Å². The van der Waals surface area contributed by atoms with Crippen LogP contribution in [0.5, 0.6) is 23.0 Å². The summed E-state index contributed by atoms with van der Waals surface area (Å²) in [7, 11) is 3.26. The Bertz CT molecular complexity index is 878. The molecule has 2 aliphatic heterocycles. The molecule has 4 rings (SSSR count). The highest BCUT2D eigenvalue weighted by atomic mass is 16.7. The molecule has 0 unspecified atom stereocenters. The van der Waals surface area contributed by atoms with Crippen molar-refractivity contribution in [2.75, 3.05) is 21.0 Å². The predicted molar refractivity (Wildman–Crippen MR) is 107 cm³/mol. The molecule has 0 bridgehead atoms. The number of esters is 1. The SMILES string of the molecule is COc1ccc(CC[C@H]2OC(=O)C[C@H]2CCc2ccc3c(c2)OCO3)cc1OC. The van der Waals surface area contributed by atoms with E-state index in [0.717, 1.165) is 42.7 Å². The molecule has 2 atom stereocenters. The van der Waals surface area contributed by atoms with Gasteiger partial charge in [0, 0.05) is 5.92 Å². The van der Waals surface area contributed by atoms with Crippen molar-refractivity contribution in [3.05, 3.63) is 47.5 Å². The zero-order valence-corrected chi connectivity index (χ0v) is 16.8. The molecule has 0 spiro atoms. The molecule has 6 nitrogen and oxygen atoms in total. The second kappa shape index (κ2) is 8.64. The number of aryl methyl sites for hydroxylation is 2. The average Bonchev–Trinajstić information content (AvgIpc) is 3.35. The van der Waals surface area contributed by atoms with Gasteiger partial charge in [0.1, 0.15) is 6.10 Å². The Balaban J connectivity index is 1.35. The summed E-state index contributed by atoms with van der Waals surface area (Å²) in [5.41, 5.74) is 2.33. The molecule has 0 N–H and O–H groups in total. The van der Waals surface area contributed by atoms with Crippen LogP contribution in [0, 0.1) is 5.92 Å². The lowest BCUT2D eigenvalue weighted by atomic mass is 9.90. The molecule has 29 heavy (non-hydrogen) atoms. The third kappa shape index (κ3) is 4.42. The minimum absolute atomic E-state index is 0.0513. The van der Waals surface area contributed by atoms with E-state index in [1.807, 2.05) is 30.3 Å². The summed E-state index contributed by atoms with van der Waals surface area (Å²) >= 11 is 0. The van der Waals surface area contributed by atoms with Crippen LogP contribution in [0.2, 0.25) is 0 Å². The van der Waals surface area contributed by atoms with Crippen molar-refractivity contribution >= 4 is 5.97 Å².